The van der Waals surface area contributed by atoms with Gasteiger partial charge in [-0.15, -0.1) is 0 Å². The summed E-state index contributed by atoms with van der Waals surface area (Å²) in [5.41, 5.74) is 0.752. The quantitative estimate of drug-likeness (QED) is 0.933. The minimum atomic E-state index is -0.0667. The Morgan fingerprint density at radius 2 is 2.12 bits per heavy atom. The summed E-state index contributed by atoms with van der Waals surface area (Å²) in [7, 11) is 0. The highest BCUT2D eigenvalue weighted by atomic mass is 79.9. The average molecular weight is 300 g/mol. The number of hydrogen-bond acceptors (Lipinski definition) is 3. The molecule has 1 fully saturated rings. The SMILES string of the molecule is CC(C)n1ncc(NC2CCCC2)c(Br)c1=O. The second kappa shape index (κ2) is 5.21. The van der Waals surface area contributed by atoms with Crippen LogP contribution in [0.15, 0.2) is 15.5 Å². The van der Waals surface area contributed by atoms with Crippen LogP contribution >= 0.6 is 15.9 Å². The minimum absolute atomic E-state index is 0.0667. The minimum Gasteiger partial charge on any atom is -0.380 e. The van der Waals surface area contributed by atoms with Gasteiger partial charge in [0.25, 0.3) is 5.56 Å². The van der Waals surface area contributed by atoms with Crippen LogP contribution in [0.25, 0.3) is 0 Å². The highest BCUT2D eigenvalue weighted by molar-refractivity contribution is 9.10. The van der Waals surface area contributed by atoms with Gasteiger partial charge in [0.15, 0.2) is 0 Å². The Balaban J connectivity index is 2.24. The maximum Gasteiger partial charge on any atom is 0.283 e. The van der Waals surface area contributed by atoms with Crippen LogP contribution in [-0.4, -0.2) is 15.8 Å². The van der Waals surface area contributed by atoms with Crippen LogP contribution in [0.2, 0.25) is 0 Å². The molecule has 0 spiro atoms. The lowest BCUT2D eigenvalue weighted by atomic mass is 10.2. The van der Waals surface area contributed by atoms with E-state index in [-0.39, 0.29) is 11.6 Å². The van der Waals surface area contributed by atoms with Crippen LogP contribution in [0.1, 0.15) is 45.6 Å². The van der Waals surface area contributed by atoms with Gasteiger partial charge in [-0.25, -0.2) is 4.68 Å². The zero-order chi connectivity index (χ0) is 12.4. The van der Waals surface area contributed by atoms with Crippen LogP contribution in [0.3, 0.4) is 0 Å². The first-order valence-corrected chi connectivity index (χ1v) is 6.92. The van der Waals surface area contributed by atoms with Crippen molar-refractivity contribution in [1.82, 2.24) is 9.78 Å². The number of nitrogens with one attached hydrogen (secondary N) is 1. The largest absolute Gasteiger partial charge is 0.380 e. The number of aromatic nitrogens is 2. The van der Waals surface area contributed by atoms with Gasteiger partial charge in [-0.1, -0.05) is 12.8 Å². The maximum absolute atomic E-state index is 12.0. The van der Waals surface area contributed by atoms with E-state index in [0.29, 0.717) is 10.5 Å². The molecule has 4 nitrogen and oxygen atoms in total. The van der Waals surface area contributed by atoms with Gasteiger partial charge in [0.1, 0.15) is 4.47 Å². The Bertz CT molecular complexity index is 450. The number of anilines is 1. The van der Waals surface area contributed by atoms with E-state index in [1.807, 2.05) is 13.8 Å². The summed E-state index contributed by atoms with van der Waals surface area (Å²) in [5, 5.41) is 7.59. The zero-order valence-corrected chi connectivity index (χ0v) is 11.8. The van der Waals surface area contributed by atoms with Crippen molar-refractivity contribution in [2.45, 2.75) is 51.6 Å². The lowest BCUT2D eigenvalue weighted by Crippen LogP contribution is -2.27. The second-order valence-corrected chi connectivity index (χ2v) is 5.63. The third-order valence-corrected chi connectivity index (χ3v) is 3.91. The first-order chi connectivity index (χ1) is 8.09. The van der Waals surface area contributed by atoms with E-state index in [4.69, 9.17) is 0 Å². The number of hydrogen-bond donors (Lipinski definition) is 1. The predicted octanol–water partition coefficient (Wildman–Crippen LogP) is 2.94. The Labute approximate surface area is 110 Å². The van der Waals surface area contributed by atoms with Crippen LogP contribution in [0.4, 0.5) is 5.69 Å². The lowest BCUT2D eigenvalue weighted by molar-refractivity contribution is 0.500. The van der Waals surface area contributed by atoms with Crippen molar-refractivity contribution < 1.29 is 0 Å². The summed E-state index contributed by atoms with van der Waals surface area (Å²) in [6, 6.07) is 0.571. The van der Waals surface area contributed by atoms with Crippen molar-refractivity contribution in [2.75, 3.05) is 5.32 Å². The third kappa shape index (κ3) is 2.70. The van der Waals surface area contributed by atoms with Gasteiger partial charge in [0.05, 0.1) is 17.9 Å². The highest BCUT2D eigenvalue weighted by Crippen LogP contribution is 2.25. The number of nitrogens with zero attached hydrogens (tertiary/aromatic N) is 2. The van der Waals surface area contributed by atoms with Crippen LogP contribution in [-0.2, 0) is 0 Å². The van der Waals surface area contributed by atoms with E-state index in [0.717, 1.165) is 5.69 Å². The van der Waals surface area contributed by atoms with Crippen molar-refractivity contribution in [2.24, 2.45) is 0 Å². The number of rotatable bonds is 3. The first kappa shape index (κ1) is 12.6. The zero-order valence-electron chi connectivity index (χ0n) is 10.2. The fourth-order valence-corrected chi connectivity index (χ4v) is 2.60. The van der Waals surface area contributed by atoms with E-state index in [2.05, 4.69) is 26.3 Å². The summed E-state index contributed by atoms with van der Waals surface area (Å²) in [4.78, 5) is 12.0. The molecule has 0 bridgehead atoms. The Hall–Kier alpha value is -0.840. The number of halogens is 1. The molecular weight excluding hydrogens is 282 g/mol. The van der Waals surface area contributed by atoms with E-state index < -0.39 is 0 Å². The van der Waals surface area contributed by atoms with Crippen molar-refractivity contribution in [3.63, 3.8) is 0 Å². The molecule has 0 radical (unpaired) electrons. The van der Waals surface area contributed by atoms with E-state index in [9.17, 15) is 4.79 Å². The molecule has 1 aromatic rings. The van der Waals surface area contributed by atoms with Gasteiger partial charge in [-0.05, 0) is 42.6 Å². The maximum atomic E-state index is 12.0. The summed E-state index contributed by atoms with van der Waals surface area (Å²) in [5.74, 6) is 0. The summed E-state index contributed by atoms with van der Waals surface area (Å²) < 4.78 is 2.08. The molecule has 1 N–H and O–H groups in total. The molecule has 1 aliphatic rings. The molecule has 0 amide bonds. The van der Waals surface area contributed by atoms with Crippen LogP contribution in [0.5, 0.6) is 0 Å². The predicted molar refractivity (Wildman–Crippen MR) is 72.5 cm³/mol. The van der Waals surface area contributed by atoms with Crippen molar-refractivity contribution in [3.05, 3.63) is 21.0 Å². The van der Waals surface area contributed by atoms with Crippen molar-refractivity contribution >= 4 is 21.6 Å². The average Bonchev–Trinajstić information content (AvgIpc) is 2.77. The second-order valence-electron chi connectivity index (χ2n) is 4.84. The molecule has 1 aliphatic carbocycles. The summed E-state index contributed by atoms with van der Waals surface area (Å²) in [6.45, 7) is 3.90. The summed E-state index contributed by atoms with van der Waals surface area (Å²) in [6.07, 6.45) is 6.64. The van der Waals surface area contributed by atoms with Gasteiger partial charge in [0, 0.05) is 6.04 Å². The van der Waals surface area contributed by atoms with E-state index >= 15 is 0 Å². The monoisotopic (exact) mass is 299 g/mol. The summed E-state index contributed by atoms with van der Waals surface area (Å²) >= 11 is 3.37. The molecule has 1 saturated carbocycles. The smallest absolute Gasteiger partial charge is 0.283 e. The first-order valence-electron chi connectivity index (χ1n) is 6.13. The Morgan fingerprint density at radius 1 is 1.47 bits per heavy atom. The van der Waals surface area contributed by atoms with Crippen LogP contribution in [0, 0.1) is 0 Å². The fraction of sp³-hybridized carbons (Fsp3) is 0.667. The molecule has 0 atom stereocenters. The molecule has 0 aromatic carbocycles. The molecule has 94 valence electrons. The molecule has 1 aromatic heterocycles. The molecular formula is C12H18BrN3O. The van der Waals surface area contributed by atoms with Gasteiger partial charge < -0.3 is 5.32 Å². The molecule has 2 rings (SSSR count). The molecule has 0 unspecified atom stereocenters. The van der Waals surface area contributed by atoms with E-state index in [1.165, 1.54) is 30.4 Å². The van der Waals surface area contributed by atoms with Gasteiger partial charge >= 0.3 is 0 Å². The molecule has 0 aliphatic heterocycles. The third-order valence-electron chi connectivity index (χ3n) is 3.15. The molecule has 17 heavy (non-hydrogen) atoms. The van der Waals surface area contributed by atoms with Crippen molar-refractivity contribution in [3.8, 4) is 0 Å². The molecule has 5 heteroatoms. The van der Waals surface area contributed by atoms with Crippen molar-refractivity contribution in [1.29, 1.82) is 0 Å². The van der Waals surface area contributed by atoms with Gasteiger partial charge in [-0.3, -0.25) is 4.79 Å². The lowest BCUT2D eigenvalue weighted by Gasteiger charge is -2.16. The van der Waals surface area contributed by atoms with Crippen LogP contribution < -0.4 is 10.9 Å². The van der Waals surface area contributed by atoms with Gasteiger partial charge in [0.2, 0.25) is 0 Å². The topological polar surface area (TPSA) is 46.9 Å². The van der Waals surface area contributed by atoms with E-state index in [1.54, 1.807) is 6.20 Å². The standard InChI is InChI=1S/C12H18BrN3O/c1-8(2)16-12(17)11(13)10(7-14-16)15-9-5-3-4-6-9/h7-9,15H,3-6H2,1-2H3. The Kier molecular flexibility index (Phi) is 3.86. The molecule has 0 saturated heterocycles. The normalized spacial score (nSPS) is 16.7. The fourth-order valence-electron chi connectivity index (χ4n) is 2.20. The molecule has 1 heterocycles. The highest BCUT2D eigenvalue weighted by Gasteiger charge is 2.17. The van der Waals surface area contributed by atoms with Gasteiger partial charge in [-0.2, -0.15) is 5.10 Å². The Morgan fingerprint density at radius 3 is 2.71 bits per heavy atom.